The van der Waals surface area contributed by atoms with Gasteiger partial charge in [0, 0.05) is 25.8 Å². The van der Waals surface area contributed by atoms with E-state index in [9.17, 15) is 21.6 Å². The van der Waals surface area contributed by atoms with Crippen molar-refractivity contribution in [3.63, 3.8) is 0 Å². The zero-order valence-electron chi connectivity index (χ0n) is 15.7. The number of sulfonamides is 1. The number of amides is 1. The van der Waals surface area contributed by atoms with Crippen molar-refractivity contribution >= 4 is 25.8 Å². The molecule has 0 bridgehead atoms. The highest BCUT2D eigenvalue weighted by molar-refractivity contribution is 7.91. The van der Waals surface area contributed by atoms with E-state index in [1.165, 1.54) is 28.7 Å². The summed E-state index contributed by atoms with van der Waals surface area (Å²) in [5, 5.41) is 2.60. The molecule has 1 saturated heterocycles. The quantitative estimate of drug-likeness (QED) is 0.579. The van der Waals surface area contributed by atoms with E-state index in [1.54, 1.807) is 18.2 Å². The summed E-state index contributed by atoms with van der Waals surface area (Å²) in [7, 11) is -7.09. The predicted molar refractivity (Wildman–Crippen MR) is 106 cm³/mol. The van der Waals surface area contributed by atoms with E-state index < -0.39 is 25.8 Å². The molecule has 11 heteroatoms. The summed E-state index contributed by atoms with van der Waals surface area (Å²) < 4.78 is 56.1. The van der Waals surface area contributed by atoms with Crippen LogP contribution in [0.25, 0.3) is 0 Å². The van der Waals surface area contributed by atoms with Crippen LogP contribution in [0.15, 0.2) is 52.4 Å². The zero-order chi connectivity index (χ0) is 20.9. The van der Waals surface area contributed by atoms with Gasteiger partial charge >= 0.3 is 0 Å². The molecule has 3 rings (SSSR count). The van der Waals surface area contributed by atoms with E-state index in [1.807, 2.05) is 0 Å². The molecule has 9 nitrogen and oxygen atoms in total. The van der Waals surface area contributed by atoms with E-state index in [4.69, 9.17) is 4.74 Å². The van der Waals surface area contributed by atoms with Crippen molar-refractivity contribution in [1.29, 1.82) is 0 Å². The molecule has 0 aliphatic carbocycles. The minimum absolute atomic E-state index is 0.0104. The van der Waals surface area contributed by atoms with Gasteiger partial charge in [0.05, 0.1) is 23.9 Å². The lowest BCUT2D eigenvalue weighted by Crippen LogP contribution is -2.40. The van der Waals surface area contributed by atoms with Gasteiger partial charge in [0.1, 0.15) is 10.6 Å². The maximum atomic E-state index is 12.6. The second kappa shape index (κ2) is 9.08. The molecule has 2 aromatic rings. The molecule has 29 heavy (non-hydrogen) atoms. The average molecular weight is 442 g/mol. The fourth-order valence-electron chi connectivity index (χ4n) is 2.90. The Labute approximate surface area is 170 Å². The average Bonchev–Trinajstić information content (AvgIpc) is 3.24. The summed E-state index contributed by atoms with van der Waals surface area (Å²) in [6, 6.07) is 9.39. The maximum absolute atomic E-state index is 12.6. The number of nitrogens with one attached hydrogen (secondary N) is 2. The Hall–Kier alpha value is -2.21. The minimum Gasteiger partial charge on any atom is -0.379 e. The van der Waals surface area contributed by atoms with Gasteiger partial charge in [-0.3, -0.25) is 4.79 Å². The van der Waals surface area contributed by atoms with Crippen LogP contribution in [0.2, 0.25) is 0 Å². The van der Waals surface area contributed by atoms with Gasteiger partial charge in [-0.25, -0.2) is 16.8 Å². The molecule has 2 N–H and O–H groups in total. The molecule has 0 unspecified atom stereocenters. The number of ether oxygens (including phenoxy) is 1. The highest BCUT2D eigenvalue weighted by atomic mass is 32.2. The SMILES string of the molecule is O=C(NCCCS(=O)(=O)c1ccccc1)c1cc(S(=O)(=O)N2CCOCC2)c[nH]1. The zero-order valence-corrected chi connectivity index (χ0v) is 17.3. The van der Waals surface area contributed by atoms with Crippen molar-refractivity contribution in [2.45, 2.75) is 16.2 Å². The van der Waals surface area contributed by atoms with Gasteiger partial charge in [-0.05, 0) is 24.6 Å². The highest BCUT2D eigenvalue weighted by Crippen LogP contribution is 2.18. The lowest BCUT2D eigenvalue weighted by atomic mass is 10.4. The van der Waals surface area contributed by atoms with Gasteiger partial charge in [0.2, 0.25) is 10.0 Å². The molecule has 1 amide bonds. The van der Waals surface area contributed by atoms with Gasteiger partial charge < -0.3 is 15.0 Å². The van der Waals surface area contributed by atoms with Crippen LogP contribution in [0.4, 0.5) is 0 Å². The van der Waals surface area contributed by atoms with Crippen molar-refractivity contribution in [1.82, 2.24) is 14.6 Å². The number of H-pyrrole nitrogens is 1. The molecule has 0 radical (unpaired) electrons. The number of hydrogen-bond donors (Lipinski definition) is 2. The topological polar surface area (TPSA) is 126 Å². The lowest BCUT2D eigenvalue weighted by Gasteiger charge is -2.25. The number of sulfone groups is 1. The van der Waals surface area contributed by atoms with Crippen LogP contribution >= 0.6 is 0 Å². The highest BCUT2D eigenvalue weighted by Gasteiger charge is 2.28. The number of rotatable bonds is 8. The Bertz CT molecular complexity index is 1040. The first kappa shape index (κ1) is 21.5. The van der Waals surface area contributed by atoms with Crippen LogP contribution in [0, 0.1) is 0 Å². The summed E-state index contributed by atoms with van der Waals surface area (Å²) in [6.45, 7) is 1.36. The van der Waals surface area contributed by atoms with Crippen molar-refractivity contribution in [3.05, 3.63) is 48.3 Å². The number of carbonyl (C=O) groups excluding carboxylic acids is 1. The molecule has 0 atom stereocenters. The number of hydrogen-bond acceptors (Lipinski definition) is 6. The summed E-state index contributed by atoms with van der Waals surface area (Å²) in [6.07, 6.45) is 1.52. The largest absolute Gasteiger partial charge is 0.379 e. The Morgan fingerprint density at radius 1 is 1.07 bits per heavy atom. The summed E-state index contributed by atoms with van der Waals surface area (Å²) in [5.74, 6) is -0.593. The number of morpholine rings is 1. The molecule has 0 spiro atoms. The molecule has 1 aliphatic rings. The Balaban J connectivity index is 1.53. The smallest absolute Gasteiger partial charge is 0.267 e. The summed E-state index contributed by atoms with van der Waals surface area (Å²) >= 11 is 0. The standard InChI is InChI=1S/C18H23N3O6S2/c22-18(19-7-4-12-28(23,24)15-5-2-1-3-6-15)17-13-16(14-20-17)29(25,26)21-8-10-27-11-9-21/h1-3,5-6,13-14,20H,4,7-12H2,(H,19,22). The minimum atomic E-state index is -3.69. The normalized spacial score (nSPS) is 15.9. The van der Waals surface area contributed by atoms with Crippen LogP contribution in [0.1, 0.15) is 16.9 Å². The fraction of sp³-hybridized carbons (Fsp3) is 0.389. The first-order chi connectivity index (χ1) is 13.8. The van der Waals surface area contributed by atoms with Crippen LogP contribution < -0.4 is 5.32 Å². The second-order valence-electron chi connectivity index (χ2n) is 6.51. The van der Waals surface area contributed by atoms with Crippen LogP contribution in [-0.2, 0) is 24.6 Å². The first-order valence-electron chi connectivity index (χ1n) is 9.13. The second-order valence-corrected chi connectivity index (χ2v) is 10.6. The molecule has 158 valence electrons. The molecule has 0 saturated carbocycles. The molecule has 2 heterocycles. The molecule has 1 aromatic carbocycles. The van der Waals surface area contributed by atoms with Gasteiger partial charge in [0.15, 0.2) is 9.84 Å². The van der Waals surface area contributed by atoms with Crippen LogP contribution in [0.3, 0.4) is 0 Å². The van der Waals surface area contributed by atoms with Crippen molar-refractivity contribution < 1.29 is 26.4 Å². The molecule has 1 fully saturated rings. The molecule has 1 aromatic heterocycles. The van der Waals surface area contributed by atoms with Gasteiger partial charge in [-0.15, -0.1) is 0 Å². The molecular formula is C18H23N3O6S2. The number of nitrogens with zero attached hydrogens (tertiary/aromatic N) is 1. The third-order valence-electron chi connectivity index (χ3n) is 4.49. The monoisotopic (exact) mass is 441 g/mol. The van der Waals surface area contributed by atoms with Gasteiger partial charge in [-0.2, -0.15) is 4.31 Å². The van der Waals surface area contributed by atoms with E-state index in [0.717, 1.165) is 0 Å². The summed E-state index contributed by atoms with van der Waals surface area (Å²) in [4.78, 5) is 15.2. The Morgan fingerprint density at radius 2 is 1.76 bits per heavy atom. The third-order valence-corrected chi connectivity index (χ3v) is 8.18. The van der Waals surface area contributed by atoms with Gasteiger partial charge in [-0.1, -0.05) is 18.2 Å². The van der Waals surface area contributed by atoms with E-state index in [-0.39, 0.29) is 47.3 Å². The van der Waals surface area contributed by atoms with E-state index in [0.29, 0.717) is 13.2 Å². The lowest BCUT2D eigenvalue weighted by molar-refractivity contribution is 0.0730. The number of aromatic amines is 1. The number of aromatic nitrogens is 1. The van der Waals surface area contributed by atoms with Crippen molar-refractivity contribution in [3.8, 4) is 0 Å². The van der Waals surface area contributed by atoms with Crippen LogP contribution in [-0.4, -0.2) is 70.6 Å². The van der Waals surface area contributed by atoms with E-state index >= 15 is 0 Å². The summed E-state index contributed by atoms with van der Waals surface area (Å²) in [5.41, 5.74) is 0.0998. The van der Waals surface area contributed by atoms with E-state index in [2.05, 4.69) is 10.3 Å². The Kier molecular flexibility index (Phi) is 6.73. The fourth-order valence-corrected chi connectivity index (χ4v) is 5.63. The van der Waals surface area contributed by atoms with Gasteiger partial charge in [0.25, 0.3) is 5.91 Å². The molecule has 1 aliphatic heterocycles. The van der Waals surface area contributed by atoms with Crippen molar-refractivity contribution in [2.24, 2.45) is 0 Å². The van der Waals surface area contributed by atoms with Crippen molar-refractivity contribution in [2.75, 3.05) is 38.6 Å². The Morgan fingerprint density at radius 3 is 2.45 bits per heavy atom. The predicted octanol–water partition coefficient (Wildman–Crippen LogP) is 0.629. The maximum Gasteiger partial charge on any atom is 0.267 e. The first-order valence-corrected chi connectivity index (χ1v) is 12.2. The third kappa shape index (κ3) is 5.24. The number of benzene rings is 1. The molecular weight excluding hydrogens is 418 g/mol. The van der Waals surface area contributed by atoms with Crippen LogP contribution in [0.5, 0.6) is 0 Å². The number of carbonyl (C=O) groups is 1.